The molecule has 6 heteroatoms. The number of piperidine rings is 1. The number of anilines is 1. The fourth-order valence-corrected chi connectivity index (χ4v) is 4.59. The van der Waals surface area contributed by atoms with Crippen LogP contribution in [-0.4, -0.2) is 42.3 Å². The second kappa shape index (κ2) is 11.1. The van der Waals surface area contributed by atoms with Crippen molar-refractivity contribution in [3.8, 4) is 5.75 Å². The van der Waals surface area contributed by atoms with E-state index in [1.54, 1.807) is 12.1 Å². The third-order valence-electron chi connectivity index (χ3n) is 7.36. The molecule has 2 fully saturated rings. The first-order chi connectivity index (χ1) is 16.4. The minimum Gasteiger partial charge on any atom is -0.490 e. The van der Waals surface area contributed by atoms with Gasteiger partial charge in [-0.15, -0.1) is 0 Å². The normalized spacial score (nSPS) is 19.0. The Hall–Kier alpha value is -2.73. The number of hydrogen-bond donors (Lipinski definition) is 0. The molecule has 5 nitrogen and oxygen atoms in total. The Morgan fingerprint density at radius 1 is 1.03 bits per heavy atom. The fraction of sp³-hybridized carbons (Fsp3) is 0.500. The molecule has 1 aliphatic heterocycles. The molecule has 1 heterocycles. The van der Waals surface area contributed by atoms with Gasteiger partial charge in [0.2, 0.25) is 6.41 Å². The highest BCUT2D eigenvalue weighted by Gasteiger charge is 2.29. The van der Waals surface area contributed by atoms with E-state index in [-0.39, 0.29) is 17.8 Å². The van der Waals surface area contributed by atoms with Gasteiger partial charge in [-0.2, -0.15) is 5.10 Å². The number of ether oxygens (including phenoxy) is 1. The maximum Gasteiger partial charge on any atom is 0.234 e. The number of hydrazone groups is 1. The average Bonchev–Trinajstić information content (AvgIpc) is 2.81. The molecule has 2 aromatic carbocycles. The molecular weight excluding hydrogens is 429 g/mol. The van der Waals surface area contributed by atoms with Crippen molar-refractivity contribution in [3.05, 3.63) is 59.9 Å². The molecule has 0 bridgehead atoms. The second-order valence-corrected chi connectivity index (χ2v) is 9.91. The highest BCUT2D eigenvalue weighted by atomic mass is 19.1. The fourth-order valence-electron chi connectivity index (χ4n) is 4.59. The molecule has 182 valence electrons. The van der Waals surface area contributed by atoms with E-state index in [2.05, 4.69) is 30.8 Å². The topological polar surface area (TPSA) is 45.1 Å². The second-order valence-electron chi connectivity index (χ2n) is 9.91. The van der Waals surface area contributed by atoms with Crippen molar-refractivity contribution in [2.24, 2.45) is 16.9 Å². The molecule has 0 radical (unpaired) electrons. The number of hydrogen-bond acceptors (Lipinski definition) is 4. The van der Waals surface area contributed by atoms with Gasteiger partial charge in [-0.25, -0.2) is 9.40 Å². The largest absolute Gasteiger partial charge is 0.490 e. The quantitative estimate of drug-likeness (QED) is 0.264. The van der Waals surface area contributed by atoms with Crippen LogP contribution in [0.25, 0.3) is 0 Å². The van der Waals surface area contributed by atoms with Crippen LogP contribution in [0.4, 0.5) is 10.1 Å². The van der Waals surface area contributed by atoms with E-state index in [0.717, 1.165) is 49.0 Å². The van der Waals surface area contributed by atoms with Crippen molar-refractivity contribution in [1.29, 1.82) is 0 Å². The van der Waals surface area contributed by atoms with Crippen LogP contribution in [0.15, 0.2) is 53.6 Å². The molecule has 34 heavy (non-hydrogen) atoms. The summed E-state index contributed by atoms with van der Waals surface area (Å²) in [5, 5.41) is 5.95. The lowest BCUT2D eigenvalue weighted by molar-refractivity contribution is -0.107. The molecule has 1 atom stereocenters. The zero-order valence-corrected chi connectivity index (χ0v) is 20.5. The van der Waals surface area contributed by atoms with Crippen LogP contribution in [0, 0.1) is 17.7 Å². The van der Waals surface area contributed by atoms with Crippen molar-refractivity contribution in [1.82, 2.24) is 4.90 Å². The third kappa shape index (κ3) is 5.84. The minimum atomic E-state index is -0.348. The molecule has 0 N–H and O–H groups in total. The first kappa shape index (κ1) is 24.4. The number of rotatable bonds is 9. The maximum atomic E-state index is 13.3. The Balaban J connectivity index is 1.47. The summed E-state index contributed by atoms with van der Waals surface area (Å²) in [6, 6.07) is 14.6. The van der Waals surface area contributed by atoms with Crippen LogP contribution < -0.4 is 9.75 Å². The van der Waals surface area contributed by atoms with E-state index in [0.29, 0.717) is 18.0 Å². The predicted octanol–water partition coefficient (Wildman–Crippen LogP) is 5.88. The first-order valence-electron chi connectivity index (χ1n) is 12.5. The zero-order chi connectivity index (χ0) is 24.1. The van der Waals surface area contributed by atoms with Crippen LogP contribution in [0.3, 0.4) is 0 Å². The molecule has 1 saturated carbocycles. The summed E-state index contributed by atoms with van der Waals surface area (Å²) in [7, 11) is 0. The number of nitrogens with zero attached hydrogens (tertiary/aromatic N) is 3. The van der Waals surface area contributed by atoms with E-state index >= 15 is 0 Å². The summed E-state index contributed by atoms with van der Waals surface area (Å²) in [5.41, 5.74) is 2.28. The first-order valence-corrected chi connectivity index (χ1v) is 12.5. The van der Waals surface area contributed by atoms with Gasteiger partial charge < -0.3 is 9.64 Å². The molecule has 1 saturated heterocycles. The Labute approximate surface area is 202 Å². The predicted molar refractivity (Wildman–Crippen MR) is 135 cm³/mol. The Bertz CT molecular complexity index is 962. The van der Waals surface area contributed by atoms with Gasteiger partial charge in [0.15, 0.2) is 0 Å². The lowest BCUT2D eigenvalue weighted by atomic mass is 9.89. The lowest BCUT2D eigenvalue weighted by Gasteiger charge is -2.41. The summed E-state index contributed by atoms with van der Waals surface area (Å²) >= 11 is 0. The number of halogens is 1. The molecule has 4 rings (SSSR count). The summed E-state index contributed by atoms with van der Waals surface area (Å²) in [4.78, 5) is 14.4. The van der Waals surface area contributed by atoms with E-state index in [9.17, 15) is 9.18 Å². The highest BCUT2D eigenvalue weighted by molar-refractivity contribution is 6.03. The highest BCUT2D eigenvalue weighted by Crippen LogP contribution is 2.29. The Morgan fingerprint density at radius 2 is 1.68 bits per heavy atom. The molecule has 2 aromatic rings. The van der Waals surface area contributed by atoms with Crippen LogP contribution in [0.2, 0.25) is 0 Å². The monoisotopic (exact) mass is 465 g/mol. The maximum absolute atomic E-state index is 13.3. The Kier molecular flexibility index (Phi) is 7.99. The summed E-state index contributed by atoms with van der Waals surface area (Å²) in [6.07, 6.45) is 7.15. The van der Waals surface area contributed by atoms with Gasteiger partial charge in [0.05, 0.1) is 11.4 Å². The molecule has 1 unspecified atom stereocenters. The molecule has 2 aliphatic rings. The molecule has 1 amide bonds. The molecule has 0 spiro atoms. The van der Waals surface area contributed by atoms with Gasteiger partial charge in [0, 0.05) is 25.0 Å². The van der Waals surface area contributed by atoms with E-state index in [1.165, 1.54) is 36.4 Å². The number of carbonyl (C=O) groups is 1. The van der Waals surface area contributed by atoms with E-state index in [1.807, 2.05) is 24.3 Å². The summed E-state index contributed by atoms with van der Waals surface area (Å²) in [6.45, 7) is 8.63. The molecule has 0 aromatic heterocycles. The van der Waals surface area contributed by atoms with E-state index in [4.69, 9.17) is 4.74 Å². The standard InChI is InChI=1S/C28H36FN3O2/c1-20(2)21(3)28(30-32(19-33)25-11-9-23(29)10-12-25)22-7-13-26(14-8-22)34-27-15-17-31(18-16-27)24-5-4-6-24/h7-14,19-21,24,27H,4-6,15-18H2,1-3H3/b30-28+. The zero-order valence-electron chi connectivity index (χ0n) is 20.5. The van der Waals surface area contributed by atoms with Crippen molar-refractivity contribution in [3.63, 3.8) is 0 Å². The van der Waals surface area contributed by atoms with Gasteiger partial charge in [-0.3, -0.25) is 4.79 Å². The van der Waals surface area contributed by atoms with Gasteiger partial charge in [0.25, 0.3) is 0 Å². The third-order valence-corrected chi connectivity index (χ3v) is 7.36. The van der Waals surface area contributed by atoms with Crippen LogP contribution in [0.5, 0.6) is 5.75 Å². The lowest BCUT2D eigenvalue weighted by Crippen LogP contribution is -2.46. The SMILES string of the molecule is CC(C)C(C)/C(=N\N(C=O)c1ccc(F)cc1)c1ccc(OC2CCN(C3CCC3)CC2)cc1. The van der Waals surface area contributed by atoms with Crippen LogP contribution in [-0.2, 0) is 4.79 Å². The van der Waals surface area contributed by atoms with Crippen molar-refractivity contribution >= 4 is 17.8 Å². The minimum absolute atomic E-state index is 0.116. The van der Waals surface area contributed by atoms with Gasteiger partial charge in [-0.05, 0) is 85.7 Å². The van der Waals surface area contributed by atoms with Gasteiger partial charge in [0.1, 0.15) is 17.7 Å². The van der Waals surface area contributed by atoms with Gasteiger partial charge in [-0.1, -0.05) is 27.2 Å². The van der Waals surface area contributed by atoms with Crippen LogP contribution >= 0.6 is 0 Å². The van der Waals surface area contributed by atoms with Crippen molar-refractivity contribution < 1.29 is 13.9 Å². The van der Waals surface area contributed by atoms with Crippen molar-refractivity contribution in [2.45, 2.75) is 65.0 Å². The van der Waals surface area contributed by atoms with E-state index < -0.39 is 0 Å². The molecular formula is C28H36FN3O2. The number of amides is 1. The number of benzene rings is 2. The number of likely N-dealkylation sites (tertiary alicyclic amines) is 1. The van der Waals surface area contributed by atoms with Crippen LogP contribution in [0.1, 0.15) is 58.4 Å². The Morgan fingerprint density at radius 3 is 2.21 bits per heavy atom. The van der Waals surface area contributed by atoms with Crippen molar-refractivity contribution in [2.75, 3.05) is 18.1 Å². The summed E-state index contributed by atoms with van der Waals surface area (Å²) in [5.74, 6) is 0.967. The summed E-state index contributed by atoms with van der Waals surface area (Å²) < 4.78 is 19.6. The molecule has 1 aliphatic carbocycles. The number of carbonyl (C=O) groups excluding carboxylic acids is 1. The van der Waals surface area contributed by atoms with Gasteiger partial charge >= 0.3 is 0 Å². The average molecular weight is 466 g/mol. The smallest absolute Gasteiger partial charge is 0.234 e.